The van der Waals surface area contributed by atoms with Crippen LogP contribution in [-0.4, -0.2) is 32.2 Å². The van der Waals surface area contributed by atoms with Gasteiger partial charge in [0.05, 0.1) is 6.26 Å². The minimum Gasteiger partial charge on any atom is -0.350 e. The van der Waals surface area contributed by atoms with Crippen LogP contribution in [0.5, 0.6) is 0 Å². The minimum atomic E-state index is -3.38. The molecule has 0 atom stereocenters. The van der Waals surface area contributed by atoms with E-state index in [9.17, 15) is 18.0 Å². The maximum absolute atomic E-state index is 13.0. The molecule has 0 radical (unpaired) electrons. The standard InChI is InChI=1S/C22H28N4O4S/c1-31(29,30)26-19-11-7-10-18(14-19)16-23-20(27)22(12-5-6-13-22)25-21(28)24-15-17-8-3-2-4-9-17/h2-4,7-11,14,26H,5-6,12-13,15-16H2,1H3,(H,23,27)(H2,24,25,28). The van der Waals surface area contributed by atoms with Crippen molar-refractivity contribution in [2.45, 2.75) is 44.3 Å². The van der Waals surface area contributed by atoms with Crippen molar-refractivity contribution >= 4 is 27.6 Å². The predicted octanol–water partition coefficient (Wildman–Crippen LogP) is 2.49. The van der Waals surface area contributed by atoms with Crippen molar-refractivity contribution in [3.8, 4) is 0 Å². The lowest BCUT2D eigenvalue weighted by molar-refractivity contribution is -0.127. The molecule has 0 saturated heterocycles. The number of anilines is 1. The van der Waals surface area contributed by atoms with Crippen molar-refractivity contribution in [2.75, 3.05) is 11.0 Å². The SMILES string of the molecule is CS(=O)(=O)Nc1cccc(CNC(=O)C2(NC(=O)NCc3ccccc3)CCCC2)c1. The number of carbonyl (C=O) groups excluding carboxylic acids is 2. The number of rotatable bonds is 8. The van der Waals surface area contributed by atoms with E-state index in [1.807, 2.05) is 30.3 Å². The topological polar surface area (TPSA) is 116 Å². The Hall–Kier alpha value is -3.07. The zero-order valence-electron chi connectivity index (χ0n) is 17.5. The number of hydrogen-bond donors (Lipinski definition) is 4. The quantitative estimate of drug-likeness (QED) is 0.500. The van der Waals surface area contributed by atoms with Crippen molar-refractivity contribution in [1.29, 1.82) is 0 Å². The second-order valence-electron chi connectivity index (χ2n) is 7.84. The van der Waals surface area contributed by atoms with Gasteiger partial charge in [0, 0.05) is 18.8 Å². The van der Waals surface area contributed by atoms with Crippen molar-refractivity contribution in [1.82, 2.24) is 16.0 Å². The van der Waals surface area contributed by atoms with Gasteiger partial charge in [0.2, 0.25) is 15.9 Å². The van der Waals surface area contributed by atoms with E-state index in [0.717, 1.165) is 30.2 Å². The van der Waals surface area contributed by atoms with E-state index in [1.165, 1.54) is 0 Å². The highest BCUT2D eigenvalue weighted by molar-refractivity contribution is 7.92. The smallest absolute Gasteiger partial charge is 0.315 e. The molecular weight excluding hydrogens is 416 g/mol. The zero-order chi connectivity index (χ0) is 22.3. The second-order valence-corrected chi connectivity index (χ2v) is 9.59. The number of amides is 3. The van der Waals surface area contributed by atoms with Crippen LogP contribution in [0.15, 0.2) is 54.6 Å². The Bertz CT molecular complexity index is 1020. The number of carbonyl (C=O) groups is 2. The Balaban J connectivity index is 1.58. The summed E-state index contributed by atoms with van der Waals surface area (Å²) in [7, 11) is -3.38. The van der Waals surface area contributed by atoms with E-state index in [4.69, 9.17) is 0 Å². The maximum Gasteiger partial charge on any atom is 0.315 e. The fourth-order valence-corrected chi connectivity index (χ4v) is 4.29. The summed E-state index contributed by atoms with van der Waals surface area (Å²) in [5, 5.41) is 8.59. The lowest BCUT2D eigenvalue weighted by atomic mass is 9.96. The third kappa shape index (κ3) is 6.71. The maximum atomic E-state index is 13.0. The summed E-state index contributed by atoms with van der Waals surface area (Å²) >= 11 is 0. The van der Waals surface area contributed by atoms with E-state index in [-0.39, 0.29) is 18.5 Å². The van der Waals surface area contributed by atoms with E-state index in [1.54, 1.807) is 24.3 Å². The normalized spacial score (nSPS) is 15.1. The number of nitrogens with one attached hydrogen (secondary N) is 4. The summed E-state index contributed by atoms with van der Waals surface area (Å²) in [6.45, 7) is 0.609. The minimum absolute atomic E-state index is 0.229. The van der Waals surface area contributed by atoms with E-state index < -0.39 is 15.6 Å². The number of urea groups is 1. The average molecular weight is 445 g/mol. The molecular formula is C22H28N4O4S. The summed E-state index contributed by atoms with van der Waals surface area (Å²) in [5.41, 5.74) is 1.22. The largest absolute Gasteiger partial charge is 0.350 e. The molecule has 166 valence electrons. The van der Waals surface area contributed by atoms with E-state index in [2.05, 4.69) is 20.7 Å². The van der Waals surface area contributed by atoms with Crippen LogP contribution in [-0.2, 0) is 27.9 Å². The van der Waals surface area contributed by atoms with Crippen LogP contribution in [0.3, 0.4) is 0 Å². The molecule has 0 aliphatic heterocycles. The van der Waals surface area contributed by atoms with Crippen LogP contribution in [0.2, 0.25) is 0 Å². The van der Waals surface area contributed by atoms with E-state index in [0.29, 0.717) is 25.1 Å². The first-order valence-corrected chi connectivity index (χ1v) is 12.1. The first kappa shape index (κ1) is 22.6. The van der Waals surface area contributed by atoms with Gasteiger partial charge >= 0.3 is 6.03 Å². The molecule has 1 saturated carbocycles. The van der Waals surface area contributed by atoms with Crippen LogP contribution in [0.25, 0.3) is 0 Å². The lowest BCUT2D eigenvalue weighted by Crippen LogP contribution is -2.59. The highest BCUT2D eigenvalue weighted by Crippen LogP contribution is 2.30. The summed E-state index contributed by atoms with van der Waals surface area (Å²) in [5.74, 6) is -0.235. The van der Waals surface area contributed by atoms with Gasteiger partial charge in [-0.2, -0.15) is 0 Å². The molecule has 1 fully saturated rings. The highest BCUT2D eigenvalue weighted by atomic mass is 32.2. The van der Waals surface area contributed by atoms with Crippen molar-refractivity contribution in [2.24, 2.45) is 0 Å². The summed E-state index contributed by atoms with van der Waals surface area (Å²) in [6.07, 6.45) is 3.96. The molecule has 0 unspecified atom stereocenters. The molecule has 3 amide bonds. The number of hydrogen-bond acceptors (Lipinski definition) is 4. The van der Waals surface area contributed by atoms with Crippen molar-refractivity contribution in [3.63, 3.8) is 0 Å². The predicted molar refractivity (Wildman–Crippen MR) is 120 cm³/mol. The third-order valence-electron chi connectivity index (χ3n) is 5.22. The molecule has 1 aliphatic rings. The Kier molecular flexibility index (Phi) is 7.17. The summed E-state index contributed by atoms with van der Waals surface area (Å²) in [4.78, 5) is 25.5. The molecule has 3 rings (SSSR count). The molecule has 0 heterocycles. The Morgan fingerprint density at radius 2 is 1.55 bits per heavy atom. The molecule has 0 aromatic heterocycles. The van der Waals surface area contributed by atoms with Gasteiger partial charge in [-0.05, 0) is 36.1 Å². The van der Waals surface area contributed by atoms with Crippen molar-refractivity contribution in [3.05, 3.63) is 65.7 Å². The van der Waals surface area contributed by atoms with E-state index >= 15 is 0 Å². The summed E-state index contributed by atoms with van der Waals surface area (Å²) in [6, 6.07) is 16.0. The van der Waals surface area contributed by atoms with Crippen LogP contribution in [0, 0.1) is 0 Å². The number of sulfonamides is 1. The molecule has 9 heteroatoms. The molecule has 8 nitrogen and oxygen atoms in total. The number of benzene rings is 2. The first-order valence-electron chi connectivity index (χ1n) is 10.2. The van der Waals surface area contributed by atoms with Gasteiger partial charge in [-0.25, -0.2) is 13.2 Å². The van der Waals surface area contributed by atoms with Gasteiger partial charge < -0.3 is 16.0 Å². The third-order valence-corrected chi connectivity index (χ3v) is 5.83. The highest BCUT2D eigenvalue weighted by Gasteiger charge is 2.42. The molecule has 2 aromatic rings. The summed E-state index contributed by atoms with van der Waals surface area (Å²) < 4.78 is 25.2. The van der Waals surface area contributed by atoms with Crippen LogP contribution < -0.4 is 20.7 Å². The molecule has 2 aromatic carbocycles. The van der Waals surface area contributed by atoms with Gasteiger partial charge in [0.25, 0.3) is 0 Å². The monoisotopic (exact) mass is 444 g/mol. The fraction of sp³-hybridized carbons (Fsp3) is 0.364. The van der Waals surface area contributed by atoms with Gasteiger partial charge in [-0.3, -0.25) is 9.52 Å². The Morgan fingerprint density at radius 3 is 2.23 bits per heavy atom. The second kappa shape index (κ2) is 9.82. The molecule has 31 heavy (non-hydrogen) atoms. The first-order chi connectivity index (χ1) is 14.8. The van der Waals surface area contributed by atoms with Gasteiger partial charge in [0.15, 0.2) is 0 Å². The lowest BCUT2D eigenvalue weighted by Gasteiger charge is -2.29. The van der Waals surface area contributed by atoms with Crippen LogP contribution in [0.4, 0.5) is 10.5 Å². The Labute approximate surface area is 182 Å². The molecule has 0 spiro atoms. The van der Waals surface area contributed by atoms with Gasteiger partial charge in [-0.1, -0.05) is 55.3 Å². The average Bonchev–Trinajstić information content (AvgIpc) is 3.20. The van der Waals surface area contributed by atoms with Gasteiger partial charge in [-0.15, -0.1) is 0 Å². The Morgan fingerprint density at radius 1 is 0.903 bits per heavy atom. The van der Waals surface area contributed by atoms with Gasteiger partial charge in [0.1, 0.15) is 5.54 Å². The fourth-order valence-electron chi connectivity index (χ4n) is 3.74. The molecule has 1 aliphatic carbocycles. The molecule has 0 bridgehead atoms. The zero-order valence-corrected chi connectivity index (χ0v) is 18.3. The van der Waals surface area contributed by atoms with Crippen LogP contribution in [0.1, 0.15) is 36.8 Å². The van der Waals surface area contributed by atoms with Crippen LogP contribution >= 0.6 is 0 Å². The van der Waals surface area contributed by atoms with Crippen molar-refractivity contribution < 1.29 is 18.0 Å². The molecule has 4 N–H and O–H groups in total.